The van der Waals surface area contributed by atoms with Gasteiger partial charge in [-0.1, -0.05) is 65.3 Å². The molecule has 4 N–H and O–H groups in total. The summed E-state index contributed by atoms with van der Waals surface area (Å²) in [5.41, 5.74) is -1.91. The number of fused-ring (bicyclic) bond motifs is 2. The highest BCUT2D eigenvalue weighted by atomic mass is 35.5. The minimum Gasteiger partial charge on any atom is -0.497 e. The second kappa shape index (κ2) is 30.1. The molecule has 31 heteroatoms. The van der Waals surface area contributed by atoms with E-state index in [-0.39, 0.29) is 80.7 Å². The van der Waals surface area contributed by atoms with Crippen LogP contribution >= 0.6 is 11.6 Å². The van der Waals surface area contributed by atoms with Crippen LogP contribution in [0.2, 0.25) is 5.15 Å². The molecule has 8 aliphatic rings. The van der Waals surface area contributed by atoms with E-state index in [0.29, 0.717) is 64.9 Å². The lowest BCUT2D eigenvalue weighted by atomic mass is 9.77. The van der Waals surface area contributed by atoms with Gasteiger partial charge in [0, 0.05) is 36.8 Å². The van der Waals surface area contributed by atoms with Crippen LogP contribution in [-0.2, 0) is 67.9 Å². The maximum absolute atomic E-state index is 14.6. The summed E-state index contributed by atoms with van der Waals surface area (Å²) >= 11 is 6.50. The number of amides is 6. The molecule has 106 heavy (non-hydrogen) atoms. The molecule has 4 aromatic rings. The summed E-state index contributed by atoms with van der Waals surface area (Å²) in [4.78, 5) is 132. The van der Waals surface area contributed by atoms with E-state index in [2.05, 4.69) is 53.2 Å². The molecule has 2 aliphatic heterocycles. The molecule has 0 spiro atoms. The van der Waals surface area contributed by atoms with Crippen LogP contribution in [0.25, 0.3) is 22.1 Å². The van der Waals surface area contributed by atoms with Gasteiger partial charge in [-0.25, -0.2) is 36.8 Å². The number of aromatic nitrogens is 4. The summed E-state index contributed by atoms with van der Waals surface area (Å²) in [7, 11) is -4.92. The lowest BCUT2D eigenvalue weighted by Crippen LogP contribution is -2.57. The Bertz CT molecular complexity index is 4120. The number of benzene rings is 2. The highest BCUT2D eigenvalue weighted by Crippen LogP contribution is 2.50. The summed E-state index contributed by atoms with van der Waals surface area (Å²) in [6.07, 6.45) is 9.81. The van der Waals surface area contributed by atoms with E-state index in [9.17, 15) is 55.2 Å². The van der Waals surface area contributed by atoms with Gasteiger partial charge in [-0.15, -0.1) is 13.2 Å². The van der Waals surface area contributed by atoms with Crippen molar-refractivity contribution in [1.29, 1.82) is 0 Å². The number of methoxy groups -OCH3 is 2. The molecule has 0 bridgehead atoms. The standard InChI is InChI=1S/C38H51N5O9S.C37H48ClN5O9S/c1-8-23-20-38(23,35(47)42-53(48,49)37(6)15-16-37)41-32(45)30-18-26(52-33-22(2)39-28-14-13-25(50-7)17-29(28)40-33)21-43(30)34(46)27(36(3,4)5)19-31(44)51-24-11-9-10-12-24;1-7-21-19-37(21,34(47)42-53(48,49)36(5)14-15-36)41-31(45)28-17-24(52-32-30(38)39-26-13-12-23(50-6)16-27(26)40-32)20-43(28)33(46)25(35(2,3)4)18-29(44)51-22-10-8-9-11-22/h8,13-14,17,23-24,26-27,30H,1,9-12,15-16,18-21H2,2-7H3,(H,41,45)(H,42,47);7,12-13,16,21-22,24-25,28H,1,8-11,14-15,17-20H2,2-6H3,(H,41,45)(H,42,47)/t23-,26-,27-,30+,38-;21-,24-,25-,28+,37-/m11/s1. The molecule has 6 saturated carbocycles. The average molecular weight is 1530 g/mol. The van der Waals surface area contributed by atoms with Gasteiger partial charge in [-0.05, 0) is 146 Å². The van der Waals surface area contributed by atoms with Gasteiger partial charge < -0.3 is 48.9 Å². The average Bonchev–Trinajstić information content (AvgIpc) is 1.57. The molecule has 12 rings (SSSR count). The number of hydrogen-bond acceptors (Lipinski definition) is 22. The van der Waals surface area contributed by atoms with Crippen LogP contribution < -0.4 is 39.0 Å². The molecule has 8 fully saturated rings. The van der Waals surface area contributed by atoms with Crippen LogP contribution in [0.3, 0.4) is 0 Å². The lowest BCUT2D eigenvalue weighted by molar-refractivity contribution is -0.156. The predicted molar refractivity (Wildman–Crippen MR) is 391 cm³/mol. The molecule has 576 valence electrons. The third-order valence-electron chi connectivity index (χ3n) is 22.4. The summed E-state index contributed by atoms with van der Waals surface area (Å²) in [6, 6.07) is 8.11. The number of nitrogens with zero attached hydrogens (tertiary/aromatic N) is 6. The molecule has 6 amide bonds. The number of carbonyl (C=O) groups is 8. The second-order valence-electron chi connectivity index (χ2n) is 32.4. The molecule has 6 aliphatic carbocycles. The van der Waals surface area contributed by atoms with Crippen molar-refractivity contribution in [2.24, 2.45) is 34.5 Å². The number of likely N-dealkylation sites (tertiary alicyclic amines) is 2. The molecular formula is C75H99ClN10O18S2. The number of rotatable bonds is 26. The molecule has 2 saturated heterocycles. The summed E-state index contributed by atoms with van der Waals surface area (Å²) in [6.45, 7) is 23.5. The Morgan fingerprint density at radius 3 is 1.31 bits per heavy atom. The van der Waals surface area contributed by atoms with Crippen LogP contribution in [0, 0.1) is 41.4 Å². The van der Waals surface area contributed by atoms with E-state index < -0.39 is 147 Å². The van der Waals surface area contributed by atoms with Crippen LogP contribution in [-0.4, -0.2) is 178 Å². The number of carbonyl (C=O) groups excluding carboxylic acids is 8. The van der Waals surface area contributed by atoms with E-state index in [1.165, 1.54) is 29.1 Å². The van der Waals surface area contributed by atoms with E-state index in [4.69, 9.17) is 40.0 Å². The first-order chi connectivity index (χ1) is 49.8. The van der Waals surface area contributed by atoms with Crippen LogP contribution in [0.15, 0.2) is 61.7 Å². The number of aryl methyl sites for hydroxylation is 1. The van der Waals surface area contributed by atoms with Crippen molar-refractivity contribution >= 4 is 101 Å². The smallest absolute Gasteiger partial charge is 0.306 e. The number of halogens is 1. The molecule has 10 atom stereocenters. The Morgan fingerprint density at radius 2 is 0.953 bits per heavy atom. The predicted octanol–water partition coefficient (Wildman–Crippen LogP) is 8.13. The third kappa shape index (κ3) is 16.9. The Labute approximate surface area is 623 Å². The van der Waals surface area contributed by atoms with E-state index in [0.717, 1.165) is 51.4 Å². The van der Waals surface area contributed by atoms with E-state index in [1.807, 2.05) is 41.5 Å². The molecular weight excluding hydrogens is 1430 g/mol. The highest BCUT2D eigenvalue weighted by Gasteiger charge is 2.65. The van der Waals surface area contributed by atoms with Crippen LogP contribution in [0.4, 0.5) is 0 Å². The quantitative estimate of drug-likeness (QED) is 0.0340. The number of sulfonamides is 2. The van der Waals surface area contributed by atoms with E-state index >= 15 is 0 Å². The summed E-state index contributed by atoms with van der Waals surface area (Å²) in [5.74, 6) is -6.31. The number of esters is 2. The molecule has 2 aromatic heterocycles. The zero-order chi connectivity index (χ0) is 77.0. The van der Waals surface area contributed by atoms with Crippen molar-refractivity contribution in [2.75, 3.05) is 27.3 Å². The second-order valence-corrected chi connectivity index (χ2v) is 37.2. The number of hydrogen-bond donors (Lipinski definition) is 4. The van der Waals surface area contributed by atoms with Crippen molar-refractivity contribution in [2.45, 2.75) is 235 Å². The molecule has 2 aromatic carbocycles. The Balaban J connectivity index is 0.000000212. The molecule has 28 nitrogen and oxygen atoms in total. The fourth-order valence-electron chi connectivity index (χ4n) is 14.6. The molecule has 0 unspecified atom stereocenters. The SMILES string of the molecule is C=C[C@@H]1C[C@]1(NC(=O)[C@@H]1C[C@@H](Oc2nc3cc(OC)ccc3nc2C)CN1C(=O)[C@@H](CC(=O)OC1CCCC1)C(C)(C)C)C(=O)NS(=O)(=O)C1(C)CC1.C=C[C@@H]1C[C@]1(NC(=O)[C@@H]1C[C@@H](Oc2nc3cc(OC)ccc3nc2Cl)CN1C(=O)[C@@H](CC(=O)OC1CCCC1)C(C)(C)C)C(=O)NS(=O)(=O)C1(C)CC1. The molecule has 0 radical (unpaired) electrons. The van der Waals surface area contributed by atoms with Gasteiger partial charge in [0.15, 0.2) is 5.15 Å². The first-order valence-corrected chi connectivity index (χ1v) is 39.8. The van der Waals surface area contributed by atoms with Gasteiger partial charge in [0.05, 0.1) is 83.5 Å². The van der Waals surface area contributed by atoms with Crippen molar-refractivity contribution < 1.29 is 83.6 Å². The van der Waals surface area contributed by atoms with Gasteiger partial charge in [0.25, 0.3) is 17.7 Å². The first-order valence-electron chi connectivity index (χ1n) is 36.5. The van der Waals surface area contributed by atoms with Crippen molar-refractivity contribution in [3.8, 4) is 23.3 Å². The van der Waals surface area contributed by atoms with Gasteiger partial charge in [-0.2, -0.15) is 0 Å². The topological polar surface area (TPSA) is 366 Å². The zero-order valence-corrected chi connectivity index (χ0v) is 64.6. The van der Waals surface area contributed by atoms with Gasteiger partial charge in [-0.3, -0.25) is 47.8 Å². The monoisotopic (exact) mass is 1530 g/mol. The highest BCUT2D eigenvalue weighted by molar-refractivity contribution is 7.92. The van der Waals surface area contributed by atoms with E-state index in [1.54, 1.807) is 64.3 Å². The minimum atomic E-state index is -4.00. The summed E-state index contributed by atoms with van der Waals surface area (Å²) < 4.78 is 89.1. The Kier molecular flexibility index (Phi) is 22.4. The number of nitrogens with one attached hydrogen (secondary N) is 4. The van der Waals surface area contributed by atoms with Crippen molar-refractivity contribution in [3.63, 3.8) is 0 Å². The number of ether oxygens (including phenoxy) is 6. The van der Waals surface area contributed by atoms with Crippen molar-refractivity contribution in [1.82, 2.24) is 49.8 Å². The van der Waals surface area contributed by atoms with Crippen LogP contribution in [0.5, 0.6) is 23.3 Å². The van der Waals surface area contributed by atoms with Crippen LogP contribution in [0.1, 0.15) is 177 Å². The maximum Gasteiger partial charge on any atom is 0.306 e. The Hall–Kier alpha value is -8.25. The van der Waals surface area contributed by atoms with Gasteiger partial charge in [0.2, 0.25) is 49.6 Å². The maximum atomic E-state index is 14.6. The van der Waals surface area contributed by atoms with Gasteiger partial charge in [0.1, 0.15) is 64.8 Å². The largest absolute Gasteiger partial charge is 0.497 e. The third-order valence-corrected chi connectivity index (χ3v) is 27.0. The minimum absolute atomic E-state index is 0.0121. The van der Waals surface area contributed by atoms with Crippen molar-refractivity contribution in [3.05, 3.63) is 72.6 Å². The fraction of sp³-hybridized carbons (Fsp3) is 0.627. The normalized spacial score (nSPS) is 25.7. The lowest BCUT2D eigenvalue weighted by Gasteiger charge is -2.35. The van der Waals surface area contributed by atoms with Gasteiger partial charge >= 0.3 is 11.9 Å². The first kappa shape index (κ1) is 78.8. The fourth-order valence-corrected chi connectivity index (χ4v) is 17.4. The zero-order valence-electron chi connectivity index (χ0n) is 62.2. The Morgan fingerprint density at radius 1 is 0.575 bits per heavy atom. The summed E-state index contributed by atoms with van der Waals surface area (Å²) in [5, 5.41) is 5.59. The molecule has 4 heterocycles.